The topological polar surface area (TPSA) is 64.2 Å². The van der Waals surface area contributed by atoms with E-state index >= 15 is 0 Å². The van der Waals surface area contributed by atoms with Gasteiger partial charge >= 0.3 is 0 Å². The van der Waals surface area contributed by atoms with Crippen LogP contribution in [-0.4, -0.2) is 40.2 Å². The van der Waals surface area contributed by atoms with Gasteiger partial charge in [0.15, 0.2) is 0 Å². The standard InChI is InChI=1S/C12H18N4O/c1-15-9-11(8-14-15)10-2-5-16(6-3-10)7-4-12(13)17/h2,8-9H,3-7H2,1H3,(H2,13,17). The van der Waals surface area contributed by atoms with Gasteiger partial charge in [-0.05, 0) is 12.0 Å². The number of nitrogens with zero attached hydrogens (tertiary/aromatic N) is 3. The minimum Gasteiger partial charge on any atom is -0.370 e. The molecule has 0 atom stereocenters. The molecular formula is C12H18N4O. The van der Waals surface area contributed by atoms with Gasteiger partial charge in [0.05, 0.1) is 6.20 Å². The van der Waals surface area contributed by atoms with Crippen molar-refractivity contribution in [1.82, 2.24) is 14.7 Å². The van der Waals surface area contributed by atoms with Crippen molar-refractivity contribution in [2.75, 3.05) is 19.6 Å². The minimum absolute atomic E-state index is 0.230. The second kappa shape index (κ2) is 5.14. The van der Waals surface area contributed by atoms with Crippen molar-refractivity contribution in [3.05, 3.63) is 24.0 Å². The molecule has 1 aliphatic heterocycles. The van der Waals surface area contributed by atoms with Gasteiger partial charge in [-0.3, -0.25) is 14.4 Å². The van der Waals surface area contributed by atoms with E-state index in [0.717, 1.165) is 26.1 Å². The summed E-state index contributed by atoms with van der Waals surface area (Å²) in [5.41, 5.74) is 7.68. The number of aryl methyl sites for hydroxylation is 1. The Bertz CT molecular complexity index is 435. The summed E-state index contributed by atoms with van der Waals surface area (Å²) < 4.78 is 1.82. The quantitative estimate of drug-likeness (QED) is 0.819. The largest absolute Gasteiger partial charge is 0.370 e. The fourth-order valence-corrected chi connectivity index (χ4v) is 2.03. The SMILES string of the molecule is Cn1cc(C2=CCN(CCC(N)=O)CC2)cn1. The summed E-state index contributed by atoms with van der Waals surface area (Å²) in [6.07, 6.45) is 7.58. The predicted octanol–water partition coefficient (Wildman–Crippen LogP) is 0.385. The van der Waals surface area contributed by atoms with Gasteiger partial charge in [0.25, 0.3) is 0 Å². The highest BCUT2D eigenvalue weighted by Gasteiger charge is 2.14. The first-order valence-corrected chi connectivity index (χ1v) is 5.84. The lowest BCUT2D eigenvalue weighted by Crippen LogP contribution is -2.31. The van der Waals surface area contributed by atoms with Gasteiger partial charge in [-0.1, -0.05) is 6.08 Å². The lowest BCUT2D eigenvalue weighted by molar-refractivity contribution is -0.118. The maximum absolute atomic E-state index is 10.7. The molecule has 0 unspecified atom stereocenters. The molecule has 0 fully saturated rings. The van der Waals surface area contributed by atoms with Crippen LogP contribution in [0.15, 0.2) is 18.5 Å². The highest BCUT2D eigenvalue weighted by atomic mass is 16.1. The molecule has 0 aliphatic carbocycles. The van der Waals surface area contributed by atoms with Crippen LogP contribution in [0.1, 0.15) is 18.4 Å². The van der Waals surface area contributed by atoms with E-state index in [1.807, 2.05) is 24.1 Å². The zero-order valence-electron chi connectivity index (χ0n) is 10.1. The highest BCUT2D eigenvalue weighted by molar-refractivity contribution is 5.74. The number of hydrogen-bond acceptors (Lipinski definition) is 3. The van der Waals surface area contributed by atoms with E-state index in [-0.39, 0.29) is 5.91 Å². The van der Waals surface area contributed by atoms with Crippen LogP contribution in [0.25, 0.3) is 5.57 Å². The Morgan fingerprint density at radius 3 is 2.94 bits per heavy atom. The highest BCUT2D eigenvalue weighted by Crippen LogP contribution is 2.21. The fraction of sp³-hybridized carbons (Fsp3) is 0.500. The van der Waals surface area contributed by atoms with Crippen LogP contribution in [-0.2, 0) is 11.8 Å². The Kier molecular flexibility index (Phi) is 3.58. The molecule has 0 saturated carbocycles. The second-order valence-corrected chi connectivity index (χ2v) is 4.40. The summed E-state index contributed by atoms with van der Waals surface area (Å²) in [4.78, 5) is 12.9. The molecule has 2 heterocycles. The Labute approximate surface area is 101 Å². The first-order valence-electron chi connectivity index (χ1n) is 5.84. The lowest BCUT2D eigenvalue weighted by Gasteiger charge is -2.25. The van der Waals surface area contributed by atoms with Crippen LogP contribution >= 0.6 is 0 Å². The smallest absolute Gasteiger partial charge is 0.218 e. The van der Waals surface area contributed by atoms with Crippen LogP contribution in [0.2, 0.25) is 0 Å². The Hall–Kier alpha value is -1.62. The van der Waals surface area contributed by atoms with Crippen molar-refractivity contribution >= 4 is 11.5 Å². The van der Waals surface area contributed by atoms with Crippen molar-refractivity contribution in [1.29, 1.82) is 0 Å². The summed E-state index contributed by atoms with van der Waals surface area (Å²) in [5.74, 6) is -0.230. The van der Waals surface area contributed by atoms with E-state index in [4.69, 9.17) is 5.73 Å². The van der Waals surface area contributed by atoms with Crippen LogP contribution in [0.5, 0.6) is 0 Å². The van der Waals surface area contributed by atoms with Crippen LogP contribution < -0.4 is 5.73 Å². The second-order valence-electron chi connectivity index (χ2n) is 4.40. The molecule has 1 amide bonds. The predicted molar refractivity (Wildman–Crippen MR) is 66.1 cm³/mol. The minimum atomic E-state index is -0.230. The average molecular weight is 234 g/mol. The van der Waals surface area contributed by atoms with E-state index in [9.17, 15) is 4.79 Å². The first-order chi connectivity index (χ1) is 8.15. The third kappa shape index (κ3) is 3.17. The molecule has 1 aromatic heterocycles. The number of amides is 1. The zero-order chi connectivity index (χ0) is 12.3. The summed E-state index contributed by atoms with van der Waals surface area (Å²) in [5, 5.41) is 4.17. The number of carbonyl (C=O) groups is 1. The van der Waals surface area contributed by atoms with E-state index in [2.05, 4.69) is 16.1 Å². The van der Waals surface area contributed by atoms with E-state index in [0.29, 0.717) is 6.42 Å². The molecule has 17 heavy (non-hydrogen) atoms. The summed E-state index contributed by atoms with van der Waals surface area (Å²) in [6, 6.07) is 0. The molecule has 5 heteroatoms. The maximum atomic E-state index is 10.7. The van der Waals surface area contributed by atoms with E-state index < -0.39 is 0 Å². The van der Waals surface area contributed by atoms with Gasteiger partial charge in [-0.2, -0.15) is 5.10 Å². The van der Waals surface area contributed by atoms with Crippen molar-refractivity contribution in [3.8, 4) is 0 Å². The molecule has 0 bridgehead atoms. The monoisotopic (exact) mass is 234 g/mol. The molecule has 92 valence electrons. The van der Waals surface area contributed by atoms with Crippen molar-refractivity contribution < 1.29 is 4.79 Å². The number of nitrogens with two attached hydrogens (primary N) is 1. The van der Waals surface area contributed by atoms with Gasteiger partial charge < -0.3 is 5.73 Å². The number of hydrogen-bond donors (Lipinski definition) is 1. The van der Waals surface area contributed by atoms with Crippen LogP contribution in [0.3, 0.4) is 0 Å². The normalized spacial score (nSPS) is 16.9. The number of primary amides is 1. The molecule has 0 radical (unpaired) electrons. The fourth-order valence-electron chi connectivity index (χ4n) is 2.03. The molecule has 0 saturated heterocycles. The Balaban J connectivity index is 1.91. The molecule has 1 aromatic rings. The number of aromatic nitrogens is 2. The molecule has 0 spiro atoms. The Morgan fingerprint density at radius 2 is 2.41 bits per heavy atom. The summed E-state index contributed by atoms with van der Waals surface area (Å²) >= 11 is 0. The number of rotatable bonds is 4. The van der Waals surface area contributed by atoms with E-state index in [1.165, 1.54) is 11.1 Å². The summed E-state index contributed by atoms with van der Waals surface area (Å²) in [7, 11) is 1.92. The number of carbonyl (C=O) groups excluding carboxylic acids is 1. The van der Waals surface area contributed by atoms with Gasteiger partial charge in [-0.15, -0.1) is 0 Å². The van der Waals surface area contributed by atoms with Gasteiger partial charge in [-0.25, -0.2) is 0 Å². The summed E-state index contributed by atoms with van der Waals surface area (Å²) in [6.45, 7) is 2.62. The first kappa shape index (κ1) is 11.9. The van der Waals surface area contributed by atoms with Crippen LogP contribution in [0.4, 0.5) is 0 Å². The molecule has 0 aromatic carbocycles. The van der Waals surface area contributed by atoms with Gasteiger partial charge in [0.2, 0.25) is 5.91 Å². The van der Waals surface area contributed by atoms with Crippen molar-refractivity contribution in [3.63, 3.8) is 0 Å². The van der Waals surface area contributed by atoms with Gasteiger partial charge in [0.1, 0.15) is 0 Å². The third-order valence-corrected chi connectivity index (χ3v) is 3.04. The average Bonchev–Trinajstić information content (AvgIpc) is 2.74. The van der Waals surface area contributed by atoms with Crippen LogP contribution in [0, 0.1) is 0 Å². The molecule has 5 nitrogen and oxygen atoms in total. The molecular weight excluding hydrogens is 216 g/mol. The third-order valence-electron chi connectivity index (χ3n) is 3.04. The zero-order valence-corrected chi connectivity index (χ0v) is 10.1. The van der Waals surface area contributed by atoms with E-state index in [1.54, 1.807) is 0 Å². The Morgan fingerprint density at radius 1 is 1.59 bits per heavy atom. The molecule has 2 rings (SSSR count). The maximum Gasteiger partial charge on any atom is 0.218 e. The molecule has 2 N–H and O–H groups in total. The van der Waals surface area contributed by atoms with Crippen molar-refractivity contribution in [2.45, 2.75) is 12.8 Å². The van der Waals surface area contributed by atoms with Crippen molar-refractivity contribution in [2.24, 2.45) is 12.8 Å². The lowest BCUT2D eigenvalue weighted by atomic mass is 10.0. The molecule has 1 aliphatic rings. The van der Waals surface area contributed by atoms with Gasteiger partial charge in [0, 0.05) is 44.9 Å².